The van der Waals surface area contributed by atoms with Crippen molar-refractivity contribution in [2.24, 2.45) is 0 Å². The zero-order valence-electron chi connectivity index (χ0n) is 71.0. The highest BCUT2D eigenvalue weighted by molar-refractivity contribution is 6.16. The van der Waals surface area contributed by atoms with E-state index < -0.39 is 0 Å². The van der Waals surface area contributed by atoms with E-state index in [2.05, 4.69) is 285 Å². The first-order chi connectivity index (χ1) is 65.4. The lowest BCUT2D eigenvalue weighted by molar-refractivity contribution is 1.15. The molecule has 0 saturated carbocycles. The van der Waals surface area contributed by atoms with Crippen LogP contribution in [0.1, 0.15) is 0 Å². The van der Waals surface area contributed by atoms with Gasteiger partial charge in [0.1, 0.15) is 0 Å². The van der Waals surface area contributed by atoms with Crippen molar-refractivity contribution >= 4 is 65.0 Å². The summed E-state index contributed by atoms with van der Waals surface area (Å²) in [7, 11) is 0. The maximum absolute atomic E-state index is 5.19. The summed E-state index contributed by atoms with van der Waals surface area (Å²) in [4.78, 5) is 71.6. The van der Waals surface area contributed by atoms with Crippen LogP contribution in [0.4, 0.5) is 0 Å². The van der Waals surface area contributed by atoms with Gasteiger partial charge in [-0.25, -0.2) is 44.9 Å². The summed E-state index contributed by atoms with van der Waals surface area (Å²) in [6.07, 6.45) is 17.8. The monoisotopic (exact) mass is 1690 g/mol. The Kier molecular flexibility index (Phi) is 21.7. The summed E-state index contributed by atoms with van der Waals surface area (Å²) in [6, 6.07) is 135. The Balaban J connectivity index is 0.000000116. The molecule has 15 nitrogen and oxygen atoms in total. The van der Waals surface area contributed by atoms with Crippen LogP contribution in [-0.2, 0) is 0 Å². The molecule has 12 aromatic carbocycles. The molecule has 24 aromatic rings. The van der Waals surface area contributed by atoms with Crippen molar-refractivity contribution in [2.75, 3.05) is 0 Å². The van der Waals surface area contributed by atoms with E-state index in [1.54, 1.807) is 49.6 Å². The van der Waals surface area contributed by atoms with E-state index in [1.807, 2.05) is 152 Å². The highest BCUT2D eigenvalue weighted by Gasteiger charge is 2.22. The predicted molar refractivity (Wildman–Crippen MR) is 533 cm³/mol. The number of aromatic nitrogens is 15. The van der Waals surface area contributed by atoms with E-state index in [0.717, 1.165) is 184 Å². The highest BCUT2D eigenvalue weighted by atomic mass is 14.9. The maximum Gasteiger partial charge on any atom is 0.160 e. The van der Waals surface area contributed by atoms with Gasteiger partial charge in [-0.2, -0.15) is 0 Å². The fourth-order valence-corrected chi connectivity index (χ4v) is 17.1. The molecule has 132 heavy (non-hydrogen) atoms. The number of rotatable bonds is 15. The zero-order chi connectivity index (χ0) is 87.9. The van der Waals surface area contributed by atoms with Crippen molar-refractivity contribution in [3.8, 4) is 169 Å². The molecular weight excluding hydrogens is 1620 g/mol. The van der Waals surface area contributed by atoms with Crippen LogP contribution in [0.15, 0.2) is 456 Å². The number of pyridine rings is 9. The molecule has 15 heteroatoms. The fourth-order valence-electron chi connectivity index (χ4n) is 17.1. The second-order valence-electron chi connectivity index (χ2n) is 31.8. The zero-order valence-corrected chi connectivity index (χ0v) is 71.0. The minimum absolute atomic E-state index is 0.603. The lowest BCUT2D eigenvalue weighted by Gasteiger charge is -2.14. The van der Waals surface area contributed by atoms with E-state index >= 15 is 0 Å². The van der Waals surface area contributed by atoms with Crippen LogP contribution in [0.5, 0.6) is 0 Å². The van der Waals surface area contributed by atoms with Crippen molar-refractivity contribution in [1.29, 1.82) is 0 Å². The van der Waals surface area contributed by atoms with Gasteiger partial charge in [-0.05, 0) is 211 Å². The number of hydrogen-bond donors (Lipinski definition) is 0. The van der Waals surface area contributed by atoms with Gasteiger partial charge in [0, 0.05) is 134 Å². The molecule has 0 spiro atoms. The second-order valence-corrected chi connectivity index (χ2v) is 31.8. The van der Waals surface area contributed by atoms with Crippen LogP contribution >= 0.6 is 0 Å². The fraction of sp³-hybridized carbons (Fsp3) is 0. The number of benzene rings is 12. The molecule has 0 fully saturated rings. The molecule has 0 aliphatic rings. The van der Waals surface area contributed by atoms with Gasteiger partial charge in [0.05, 0.1) is 79.2 Å². The summed E-state index contributed by atoms with van der Waals surface area (Å²) in [5.41, 5.74) is 28.3. The Morgan fingerprint density at radius 3 is 0.765 bits per heavy atom. The normalized spacial score (nSPS) is 11.2. The smallest absolute Gasteiger partial charge is 0.160 e. The average molecular weight is 1690 g/mol. The molecule has 0 radical (unpaired) electrons. The second kappa shape index (κ2) is 36.0. The molecule has 618 valence electrons. The number of nitrogens with zero attached hydrogens (tertiary/aromatic N) is 15. The lowest BCUT2D eigenvalue weighted by atomic mass is 9.94. The number of hydrogen-bond acceptors (Lipinski definition) is 15. The Bertz CT molecular complexity index is 7410. The maximum atomic E-state index is 5.19. The standard InChI is InChI=1S/3C39H25N5/c1-2-9-26(10-3-1)33-22-35(42-34-18-17-27-11-4-5-16-32(27)38(33)34)28-12-6-13-29(21-28)39-43-36(30-14-7-19-40-24-30)23-37(44-39)31-15-8-20-41-25-31;1-2-11-26(12-3-1)31-24-35(42-34-20-19-27-13-4-5-16-30(27)38(31)34)28-14-10-15-29(23-28)39-43-36(32-17-6-8-21-40-32)25-37(44-39)33-18-7-9-22-41-33;1-2-7-26(8-3-1)33-24-35(42-34-14-13-27-9-4-5-12-32(27)38(33)34)30-10-6-11-31(23-30)39-43-36(28-15-19-40-20-16-28)25-37(44-39)29-17-21-41-22-18-29/h3*1-25H. The molecule has 0 aliphatic carbocycles. The molecule has 12 heterocycles. The number of fused-ring (bicyclic) bond motifs is 9. The SMILES string of the molecule is c1ccc(-c2cc(-c3cccc(-c4nc(-c5ccccn5)cc(-c5ccccn5)n4)c3)nc3ccc4ccccc4c23)cc1.c1ccc(-c2cc(-c3cccc(-c4nc(-c5cccnc5)cc(-c5cccnc5)n4)c3)nc3ccc4ccccc4c23)cc1.c1ccc(-c2cc(-c3cccc(-c4nc(-c5ccncc5)cc(-c5ccncc5)n4)c3)nc3ccc4ccccc4c23)cc1. The van der Waals surface area contributed by atoms with E-state index in [0.29, 0.717) is 17.5 Å². The molecule has 0 atom stereocenters. The van der Waals surface area contributed by atoms with Gasteiger partial charge in [0.25, 0.3) is 0 Å². The minimum atomic E-state index is 0.603. The summed E-state index contributed by atoms with van der Waals surface area (Å²) >= 11 is 0. The highest BCUT2D eigenvalue weighted by Crippen LogP contribution is 2.43. The third kappa shape index (κ3) is 16.6. The average Bonchev–Trinajstić information content (AvgIpc) is 0.431. The van der Waals surface area contributed by atoms with Crippen LogP contribution < -0.4 is 0 Å². The third-order valence-corrected chi connectivity index (χ3v) is 23.5. The van der Waals surface area contributed by atoms with Crippen LogP contribution in [0.3, 0.4) is 0 Å². The first-order valence-corrected chi connectivity index (χ1v) is 43.5. The Morgan fingerprint density at radius 2 is 0.432 bits per heavy atom. The van der Waals surface area contributed by atoms with Gasteiger partial charge in [0.15, 0.2) is 17.5 Å². The van der Waals surface area contributed by atoms with Gasteiger partial charge in [-0.3, -0.25) is 29.9 Å². The molecule has 0 bridgehead atoms. The summed E-state index contributed by atoms with van der Waals surface area (Å²) in [5, 5.41) is 10.6. The minimum Gasteiger partial charge on any atom is -0.265 e. The van der Waals surface area contributed by atoms with Crippen molar-refractivity contribution < 1.29 is 0 Å². The van der Waals surface area contributed by atoms with Crippen molar-refractivity contribution in [2.45, 2.75) is 0 Å². The van der Waals surface area contributed by atoms with Gasteiger partial charge in [-0.15, -0.1) is 0 Å². The van der Waals surface area contributed by atoms with E-state index in [-0.39, 0.29) is 0 Å². The quantitative estimate of drug-likeness (QED) is 0.0879. The molecule has 0 amide bonds. The van der Waals surface area contributed by atoms with Crippen molar-refractivity contribution in [3.05, 3.63) is 456 Å². The van der Waals surface area contributed by atoms with Gasteiger partial charge >= 0.3 is 0 Å². The van der Waals surface area contributed by atoms with Crippen LogP contribution in [0.2, 0.25) is 0 Å². The predicted octanol–water partition coefficient (Wildman–Crippen LogP) is 27.9. The molecule has 0 N–H and O–H groups in total. The van der Waals surface area contributed by atoms with Gasteiger partial charge < -0.3 is 0 Å². The largest absolute Gasteiger partial charge is 0.265 e. The first kappa shape index (κ1) is 79.7. The molecule has 0 aliphatic heterocycles. The molecule has 0 saturated heterocycles. The molecular formula is C117H75N15. The topological polar surface area (TPSA) is 193 Å². The van der Waals surface area contributed by atoms with Crippen molar-refractivity contribution in [1.82, 2.24) is 74.8 Å². The van der Waals surface area contributed by atoms with Gasteiger partial charge in [0.2, 0.25) is 0 Å². The first-order valence-electron chi connectivity index (χ1n) is 43.5. The van der Waals surface area contributed by atoms with Gasteiger partial charge in [-0.1, -0.05) is 249 Å². The lowest BCUT2D eigenvalue weighted by Crippen LogP contribution is -1.98. The summed E-state index contributed by atoms with van der Waals surface area (Å²) in [5.74, 6) is 1.87. The van der Waals surface area contributed by atoms with Crippen LogP contribution in [-0.4, -0.2) is 74.8 Å². The Morgan fingerprint density at radius 1 is 0.144 bits per heavy atom. The van der Waals surface area contributed by atoms with E-state index in [1.165, 1.54) is 32.3 Å². The summed E-state index contributed by atoms with van der Waals surface area (Å²) < 4.78 is 0. The van der Waals surface area contributed by atoms with Crippen LogP contribution in [0, 0.1) is 0 Å². The Hall–Kier alpha value is -18.2. The van der Waals surface area contributed by atoms with Crippen molar-refractivity contribution in [3.63, 3.8) is 0 Å². The van der Waals surface area contributed by atoms with E-state index in [9.17, 15) is 0 Å². The van der Waals surface area contributed by atoms with E-state index in [4.69, 9.17) is 44.9 Å². The molecule has 24 rings (SSSR count). The van der Waals surface area contributed by atoms with Crippen LogP contribution in [0.25, 0.3) is 234 Å². The molecule has 0 unspecified atom stereocenters. The Labute approximate surface area is 760 Å². The summed E-state index contributed by atoms with van der Waals surface area (Å²) in [6.45, 7) is 0. The third-order valence-electron chi connectivity index (χ3n) is 23.5. The molecule has 12 aromatic heterocycles.